The van der Waals surface area contributed by atoms with Crippen molar-refractivity contribution in [3.8, 4) is 5.75 Å². The number of benzene rings is 2. The molecule has 0 N–H and O–H groups in total. The Hall–Kier alpha value is -1.49. The normalized spacial score (nSPS) is 16.3. The quantitative estimate of drug-likeness (QED) is 0.815. The van der Waals surface area contributed by atoms with E-state index in [9.17, 15) is 4.55 Å². The van der Waals surface area contributed by atoms with Crippen LogP contribution in [0.3, 0.4) is 0 Å². The zero-order valence-corrected chi connectivity index (χ0v) is 12.9. The van der Waals surface area contributed by atoms with E-state index in [-0.39, 0.29) is 5.94 Å². The Balaban J connectivity index is 1.70. The minimum Gasteiger partial charge on any atom is -0.609 e. The number of ether oxygens (including phenoxy) is 1. The standard InChI is InChI=1S/C17H19NO2S/c1-18-11-10-16-14(12-18)6-5-9-17(16)20-13-21(19)15-7-3-2-4-8-15/h2-9H,10-13H2,1H3. The van der Waals surface area contributed by atoms with Gasteiger partial charge in [0.15, 0.2) is 4.90 Å². The second-order valence-corrected chi connectivity index (χ2v) is 6.70. The summed E-state index contributed by atoms with van der Waals surface area (Å²) in [6, 6.07) is 15.6. The van der Waals surface area contributed by atoms with Gasteiger partial charge in [-0.2, -0.15) is 0 Å². The number of fused-ring (bicyclic) bond motifs is 1. The summed E-state index contributed by atoms with van der Waals surface area (Å²) in [6.07, 6.45) is 0.986. The van der Waals surface area contributed by atoms with Crippen molar-refractivity contribution in [1.29, 1.82) is 0 Å². The molecule has 0 saturated carbocycles. The van der Waals surface area contributed by atoms with Crippen LogP contribution in [-0.4, -0.2) is 29.0 Å². The molecule has 3 rings (SSSR count). The molecule has 3 nitrogen and oxygen atoms in total. The van der Waals surface area contributed by atoms with Crippen molar-refractivity contribution in [3.05, 3.63) is 59.7 Å². The van der Waals surface area contributed by atoms with E-state index in [1.165, 1.54) is 11.1 Å². The fraction of sp³-hybridized carbons (Fsp3) is 0.294. The molecule has 110 valence electrons. The van der Waals surface area contributed by atoms with Crippen molar-refractivity contribution in [2.45, 2.75) is 17.9 Å². The topological polar surface area (TPSA) is 35.5 Å². The highest BCUT2D eigenvalue weighted by Gasteiger charge is 2.18. The lowest BCUT2D eigenvalue weighted by molar-refractivity contribution is 0.303. The molecule has 0 radical (unpaired) electrons. The van der Waals surface area contributed by atoms with Crippen LogP contribution in [-0.2, 0) is 24.1 Å². The molecule has 2 aromatic carbocycles. The zero-order valence-electron chi connectivity index (χ0n) is 12.1. The Bertz CT molecular complexity index is 603. The molecule has 4 heteroatoms. The summed E-state index contributed by atoms with van der Waals surface area (Å²) in [5.74, 6) is 1.08. The molecule has 0 bridgehead atoms. The molecule has 1 unspecified atom stereocenters. The molecule has 1 atom stereocenters. The first-order valence-corrected chi connectivity index (χ1v) is 8.41. The number of hydrogen-bond acceptors (Lipinski definition) is 3. The first kappa shape index (κ1) is 14.4. The average molecular weight is 301 g/mol. The van der Waals surface area contributed by atoms with E-state index in [2.05, 4.69) is 18.0 Å². The van der Waals surface area contributed by atoms with Crippen LogP contribution in [0.2, 0.25) is 0 Å². The van der Waals surface area contributed by atoms with Crippen molar-refractivity contribution in [3.63, 3.8) is 0 Å². The Kier molecular flexibility index (Phi) is 4.48. The van der Waals surface area contributed by atoms with Gasteiger partial charge in [-0.05, 0) is 37.2 Å². The van der Waals surface area contributed by atoms with E-state index in [1.807, 2.05) is 42.5 Å². The molecule has 1 heterocycles. The monoisotopic (exact) mass is 301 g/mol. The summed E-state index contributed by atoms with van der Waals surface area (Å²) < 4.78 is 18.1. The fourth-order valence-electron chi connectivity index (χ4n) is 2.61. The van der Waals surface area contributed by atoms with Crippen LogP contribution in [0.4, 0.5) is 0 Å². The van der Waals surface area contributed by atoms with Gasteiger partial charge >= 0.3 is 0 Å². The Morgan fingerprint density at radius 3 is 2.76 bits per heavy atom. The lowest BCUT2D eigenvalue weighted by Gasteiger charge is -2.26. The van der Waals surface area contributed by atoms with E-state index in [4.69, 9.17) is 4.74 Å². The second-order valence-electron chi connectivity index (χ2n) is 5.30. The minimum atomic E-state index is -1.12. The number of rotatable bonds is 4. The Labute approximate surface area is 128 Å². The maximum Gasteiger partial charge on any atom is 0.250 e. The first-order chi connectivity index (χ1) is 10.2. The number of likely N-dealkylation sites (N-methyl/N-ethyl adjacent to an activating group) is 1. The summed E-state index contributed by atoms with van der Waals surface area (Å²) in [7, 11) is 2.13. The highest BCUT2D eigenvalue weighted by Crippen LogP contribution is 2.28. The van der Waals surface area contributed by atoms with Crippen LogP contribution in [0, 0.1) is 0 Å². The van der Waals surface area contributed by atoms with Crippen molar-refractivity contribution >= 4 is 11.2 Å². The van der Waals surface area contributed by atoms with Crippen LogP contribution >= 0.6 is 0 Å². The van der Waals surface area contributed by atoms with Gasteiger partial charge in [0.1, 0.15) is 5.75 Å². The van der Waals surface area contributed by atoms with Gasteiger partial charge in [0.05, 0.1) is 0 Å². The molecule has 0 aromatic heterocycles. The van der Waals surface area contributed by atoms with Gasteiger partial charge in [0, 0.05) is 29.8 Å². The van der Waals surface area contributed by atoms with Crippen LogP contribution < -0.4 is 4.74 Å². The number of hydrogen-bond donors (Lipinski definition) is 0. The highest BCUT2D eigenvalue weighted by molar-refractivity contribution is 7.91. The molecular formula is C17H19NO2S. The summed E-state index contributed by atoms with van der Waals surface area (Å²) in [4.78, 5) is 3.11. The fourth-order valence-corrected chi connectivity index (χ4v) is 3.44. The van der Waals surface area contributed by atoms with E-state index >= 15 is 0 Å². The first-order valence-electron chi connectivity index (χ1n) is 7.09. The molecule has 21 heavy (non-hydrogen) atoms. The Morgan fingerprint density at radius 2 is 1.95 bits per heavy atom. The predicted octanol–water partition coefficient (Wildman–Crippen LogP) is 2.82. The Morgan fingerprint density at radius 1 is 1.14 bits per heavy atom. The van der Waals surface area contributed by atoms with Crippen LogP contribution in [0.5, 0.6) is 5.75 Å². The van der Waals surface area contributed by atoms with Gasteiger partial charge in [-0.25, -0.2) is 0 Å². The van der Waals surface area contributed by atoms with E-state index in [1.54, 1.807) is 0 Å². The SMILES string of the molecule is CN1CCc2c(cccc2OC[S+]([O-])c2ccccc2)C1. The highest BCUT2D eigenvalue weighted by atomic mass is 32.2. The van der Waals surface area contributed by atoms with E-state index < -0.39 is 11.2 Å². The molecule has 0 fully saturated rings. The lowest BCUT2D eigenvalue weighted by atomic mass is 9.99. The molecule has 0 saturated heterocycles. The predicted molar refractivity (Wildman–Crippen MR) is 84.8 cm³/mol. The maximum atomic E-state index is 12.2. The summed E-state index contributed by atoms with van der Waals surface area (Å²) in [5.41, 5.74) is 2.58. The third-order valence-corrected chi connectivity index (χ3v) is 4.87. The third-order valence-electron chi connectivity index (χ3n) is 3.74. The number of nitrogens with zero attached hydrogens (tertiary/aromatic N) is 1. The van der Waals surface area contributed by atoms with Crippen molar-refractivity contribution < 1.29 is 9.29 Å². The van der Waals surface area contributed by atoms with Crippen LogP contribution in [0.25, 0.3) is 0 Å². The van der Waals surface area contributed by atoms with Crippen molar-refractivity contribution in [2.75, 3.05) is 19.5 Å². The smallest absolute Gasteiger partial charge is 0.250 e. The van der Waals surface area contributed by atoms with Gasteiger partial charge < -0.3 is 14.2 Å². The van der Waals surface area contributed by atoms with Gasteiger partial charge in [0.25, 0.3) is 0 Å². The molecule has 0 aliphatic carbocycles. The minimum absolute atomic E-state index is 0.205. The molecule has 0 amide bonds. The average Bonchev–Trinajstić information content (AvgIpc) is 2.53. The van der Waals surface area contributed by atoms with Gasteiger partial charge in [-0.15, -0.1) is 0 Å². The molecule has 1 aliphatic rings. The molecular weight excluding hydrogens is 282 g/mol. The van der Waals surface area contributed by atoms with Crippen molar-refractivity contribution in [1.82, 2.24) is 4.90 Å². The van der Waals surface area contributed by atoms with Gasteiger partial charge in [-0.1, -0.05) is 30.3 Å². The largest absolute Gasteiger partial charge is 0.609 e. The van der Waals surface area contributed by atoms with E-state index in [0.717, 1.165) is 30.2 Å². The zero-order chi connectivity index (χ0) is 14.7. The molecule has 1 aliphatic heterocycles. The summed E-state index contributed by atoms with van der Waals surface area (Å²) in [6.45, 7) is 1.99. The second kappa shape index (κ2) is 6.52. The lowest BCUT2D eigenvalue weighted by Crippen LogP contribution is -2.27. The summed E-state index contributed by atoms with van der Waals surface area (Å²) >= 11 is -1.12. The van der Waals surface area contributed by atoms with Crippen molar-refractivity contribution in [2.24, 2.45) is 0 Å². The summed E-state index contributed by atoms with van der Waals surface area (Å²) in [5, 5.41) is 0. The van der Waals surface area contributed by atoms with E-state index in [0.29, 0.717) is 0 Å². The molecule has 2 aromatic rings. The maximum absolute atomic E-state index is 12.2. The van der Waals surface area contributed by atoms with Gasteiger partial charge in [0.2, 0.25) is 5.94 Å². The third kappa shape index (κ3) is 3.40. The van der Waals surface area contributed by atoms with Crippen LogP contribution in [0.15, 0.2) is 53.4 Å². The van der Waals surface area contributed by atoms with Gasteiger partial charge in [-0.3, -0.25) is 0 Å². The van der Waals surface area contributed by atoms with Crippen LogP contribution in [0.1, 0.15) is 11.1 Å². The molecule has 0 spiro atoms.